The van der Waals surface area contributed by atoms with Crippen molar-refractivity contribution in [1.29, 1.82) is 0 Å². The predicted molar refractivity (Wildman–Crippen MR) is 144 cm³/mol. The molecule has 2 aliphatic carbocycles. The first-order chi connectivity index (χ1) is 18.8. The fourth-order valence-electron chi connectivity index (χ4n) is 5.40. The second-order valence-corrected chi connectivity index (χ2v) is 12.2. The fraction of sp³-hybridized carbons (Fsp3) is 0.520. The van der Waals surface area contributed by atoms with E-state index in [0.29, 0.717) is 30.2 Å². The number of amides is 3. The highest BCUT2D eigenvalue weighted by molar-refractivity contribution is 8.00. The van der Waals surface area contributed by atoms with Gasteiger partial charge in [-0.15, -0.1) is 23.1 Å². The van der Waals surface area contributed by atoms with Crippen LogP contribution >= 0.6 is 23.1 Å². The number of thiazole rings is 1. The number of rotatable bonds is 8. The molecule has 206 valence electrons. The lowest BCUT2D eigenvalue weighted by Crippen LogP contribution is -2.71. The first-order valence-corrected chi connectivity index (χ1v) is 14.9. The summed E-state index contributed by atoms with van der Waals surface area (Å²) in [6, 6.07) is -0.655. The van der Waals surface area contributed by atoms with E-state index in [9.17, 15) is 24.3 Å². The molecule has 4 fully saturated rings. The standard InChI is InChI=1S/C25H28N6O6S2/c26-25-27-16(11-39-25)17(29-37-15-3-1-2-4-15)20(32)28-18-22(34)31-19(24(35)36)13(10-38-23(18)31)9-12-7-8-30(21(12)33)14-5-6-14/h9,11,14-15,18,23H,1-8,10H2,(H2,26,27)(H,28,32)(H,35,36)/b12-9+,29-17-/t18-,23-/m1/s1. The highest BCUT2D eigenvalue weighted by Crippen LogP contribution is 2.42. The molecule has 39 heavy (non-hydrogen) atoms. The van der Waals surface area contributed by atoms with E-state index in [1.807, 2.05) is 4.90 Å². The number of aliphatic carboxylic acids is 1. The third-order valence-corrected chi connectivity index (χ3v) is 9.53. The number of nitrogens with one attached hydrogen (secondary N) is 1. The summed E-state index contributed by atoms with van der Waals surface area (Å²) in [5.41, 5.74) is 6.77. The normalized spacial score (nSPS) is 26.8. The third kappa shape index (κ3) is 4.91. The van der Waals surface area contributed by atoms with Crippen LogP contribution in [-0.2, 0) is 24.0 Å². The molecule has 1 aromatic rings. The van der Waals surface area contributed by atoms with Crippen LogP contribution in [0.15, 0.2) is 33.5 Å². The van der Waals surface area contributed by atoms with Crippen LogP contribution in [0.4, 0.5) is 5.13 Å². The minimum absolute atomic E-state index is 0.0590. The highest BCUT2D eigenvalue weighted by Gasteiger charge is 2.54. The summed E-state index contributed by atoms with van der Waals surface area (Å²) in [4.78, 5) is 64.2. The average molecular weight is 573 g/mol. The Labute approximate surface area is 232 Å². The molecule has 4 N–H and O–H groups in total. The van der Waals surface area contributed by atoms with E-state index in [1.165, 1.54) is 16.7 Å². The maximum Gasteiger partial charge on any atom is 0.352 e. The minimum atomic E-state index is -1.25. The van der Waals surface area contributed by atoms with Gasteiger partial charge in [0.25, 0.3) is 11.8 Å². The van der Waals surface area contributed by atoms with E-state index < -0.39 is 29.2 Å². The van der Waals surface area contributed by atoms with Crippen LogP contribution in [0.25, 0.3) is 0 Å². The quantitative estimate of drug-likeness (QED) is 0.181. The van der Waals surface area contributed by atoms with Gasteiger partial charge in [-0.05, 0) is 56.6 Å². The highest BCUT2D eigenvalue weighted by atomic mass is 32.2. The van der Waals surface area contributed by atoms with Gasteiger partial charge in [-0.3, -0.25) is 19.3 Å². The molecule has 12 nitrogen and oxygen atoms in total. The molecular weight excluding hydrogens is 544 g/mol. The SMILES string of the molecule is Nc1nc(/C(=N/OC2CCCC2)C(=O)N[C@@H]2C(=O)N3C(C(=O)O)=C(/C=C4\CCN(C5CC5)C4=O)CS[C@H]23)cs1. The smallest absolute Gasteiger partial charge is 0.352 e. The Morgan fingerprint density at radius 1 is 1.23 bits per heavy atom. The molecule has 0 unspecified atom stereocenters. The van der Waals surface area contributed by atoms with Crippen LogP contribution in [0, 0.1) is 0 Å². The lowest BCUT2D eigenvalue weighted by molar-refractivity contribution is -0.150. The number of allylic oxidation sites excluding steroid dienone is 1. The monoisotopic (exact) mass is 572 g/mol. The molecule has 3 amide bonds. The minimum Gasteiger partial charge on any atom is -0.477 e. The largest absolute Gasteiger partial charge is 0.477 e. The molecular formula is C25H28N6O6S2. The number of aromatic nitrogens is 1. The molecule has 2 saturated heterocycles. The Hall–Kier alpha value is -3.39. The van der Waals surface area contributed by atoms with Crippen LogP contribution in [-0.4, -0.2) is 85.2 Å². The van der Waals surface area contributed by atoms with Gasteiger partial charge in [0.05, 0.1) is 0 Å². The molecule has 0 spiro atoms. The zero-order valence-corrected chi connectivity index (χ0v) is 22.6. The average Bonchev–Trinajstić information content (AvgIpc) is 3.26. The Morgan fingerprint density at radius 3 is 2.67 bits per heavy atom. The first kappa shape index (κ1) is 25.9. The number of fused-ring (bicyclic) bond motifs is 1. The molecule has 0 radical (unpaired) electrons. The number of carbonyl (C=O) groups is 4. The van der Waals surface area contributed by atoms with Crippen LogP contribution in [0.1, 0.15) is 50.6 Å². The third-order valence-electron chi connectivity index (χ3n) is 7.56. The van der Waals surface area contributed by atoms with E-state index in [0.717, 1.165) is 49.9 Å². The lowest BCUT2D eigenvalue weighted by atomic mass is 10.0. The topological polar surface area (TPSA) is 168 Å². The Morgan fingerprint density at radius 2 is 2.00 bits per heavy atom. The second kappa shape index (κ2) is 10.3. The summed E-state index contributed by atoms with van der Waals surface area (Å²) >= 11 is 2.50. The number of thioether (sulfide) groups is 1. The van der Waals surface area contributed by atoms with Crippen molar-refractivity contribution in [2.24, 2.45) is 5.16 Å². The summed E-state index contributed by atoms with van der Waals surface area (Å²) in [7, 11) is 0. The number of hydrogen-bond acceptors (Lipinski definition) is 10. The van der Waals surface area contributed by atoms with Gasteiger partial charge in [0.15, 0.2) is 10.8 Å². The van der Waals surface area contributed by atoms with Crippen molar-refractivity contribution in [2.45, 2.75) is 68.5 Å². The van der Waals surface area contributed by atoms with Crippen molar-refractivity contribution in [2.75, 3.05) is 18.0 Å². The maximum atomic E-state index is 13.3. The first-order valence-electron chi connectivity index (χ1n) is 13.0. The number of hydrogen-bond donors (Lipinski definition) is 3. The molecule has 5 aliphatic rings. The van der Waals surface area contributed by atoms with Crippen molar-refractivity contribution in [3.63, 3.8) is 0 Å². The van der Waals surface area contributed by atoms with E-state index >= 15 is 0 Å². The zero-order chi connectivity index (χ0) is 27.3. The van der Waals surface area contributed by atoms with Gasteiger partial charge in [-0.25, -0.2) is 9.78 Å². The van der Waals surface area contributed by atoms with Gasteiger partial charge in [0.1, 0.15) is 28.9 Å². The van der Waals surface area contributed by atoms with Gasteiger partial charge >= 0.3 is 5.97 Å². The fourth-order valence-corrected chi connectivity index (χ4v) is 7.25. The number of carbonyl (C=O) groups excluding carboxylic acids is 3. The van der Waals surface area contributed by atoms with Crippen LogP contribution in [0.5, 0.6) is 0 Å². The molecule has 3 aliphatic heterocycles. The Kier molecular flexibility index (Phi) is 6.83. The van der Waals surface area contributed by atoms with Gasteiger partial charge in [0.2, 0.25) is 5.91 Å². The van der Waals surface area contributed by atoms with Crippen LogP contribution in [0.2, 0.25) is 0 Å². The van der Waals surface area contributed by atoms with Crippen molar-refractivity contribution in [3.8, 4) is 0 Å². The van der Waals surface area contributed by atoms with Gasteiger partial charge in [-0.2, -0.15) is 0 Å². The summed E-state index contributed by atoms with van der Waals surface area (Å²) in [5.74, 6) is -2.21. The van der Waals surface area contributed by atoms with E-state index in [1.54, 1.807) is 11.5 Å². The summed E-state index contributed by atoms with van der Waals surface area (Å²) < 4.78 is 0. The molecule has 1 aromatic heterocycles. The van der Waals surface area contributed by atoms with Gasteiger partial charge in [-0.1, -0.05) is 5.16 Å². The molecule has 4 heterocycles. The number of nitrogens with zero attached hydrogens (tertiary/aromatic N) is 4. The number of anilines is 1. The molecule has 14 heteroatoms. The molecule has 6 rings (SSSR count). The summed E-state index contributed by atoms with van der Waals surface area (Å²) in [6.45, 7) is 0.635. The maximum absolute atomic E-state index is 13.3. The number of likely N-dealkylation sites (tertiary alicyclic amines) is 1. The Balaban J connectivity index is 1.19. The van der Waals surface area contributed by atoms with E-state index in [2.05, 4.69) is 15.5 Å². The van der Waals surface area contributed by atoms with Crippen molar-refractivity contribution in [3.05, 3.63) is 34.0 Å². The van der Waals surface area contributed by atoms with Crippen molar-refractivity contribution < 1.29 is 29.1 Å². The summed E-state index contributed by atoms with van der Waals surface area (Å²) in [5, 5.41) is 18.0. The molecule has 2 saturated carbocycles. The number of carboxylic acid groups (broad SMARTS) is 1. The van der Waals surface area contributed by atoms with E-state index in [4.69, 9.17) is 10.6 Å². The Bertz CT molecular complexity index is 1330. The summed E-state index contributed by atoms with van der Waals surface area (Å²) in [6.07, 6.45) is 7.86. The molecule has 2 atom stereocenters. The van der Waals surface area contributed by atoms with Gasteiger partial charge < -0.3 is 25.9 Å². The number of nitrogen functional groups attached to an aromatic ring is 1. The van der Waals surface area contributed by atoms with Crippen molar-refractivity contribution >= 4 is 57.6 Å². The van der Waals surface area contributed by atoms with Crippen molar-refractivity contribution in [1.82, 2.24) is 20.1 Å². The predicted octanol–water partition coefficient (Wildman–Crippen LogP) is 1.45. The van der Waals surface area contributed by atoms with Crippen LogP contribution in [0.3, 0.4) is 0 Å². The second-order valence-electron chi connectivity index (χ2n) is 10.2. The number of nitrogens with two attached hydrogens (primary N) is 1. The molecule has 0 bridgehead atoms. The lowest BCUT2D eigenvalue weighted by Gasteiger charge is -2.49. The number of β-lactam (4-membered cyclic amide) rings is 1. The zero-order valence-electron chi connectivity index (χ0n) is 21.0. The number of oxime groups is 1. The van der Waals surface area contributed by atoms with Crippen LogP contribution < -0.4 is 11.1 Å². The van der Waals surface area contributed by atoms with E-state index in [-0.39, 0.29) is 40.0 Å². The van der Waals surface area contributed by atoms with Gasteiger partial charge in [0, 0.05) is 29.3 Å². The molecule has 0 aromatic carbocycles. The number of carboxylic acids is 1.